The van der Waals surface area contributed by atoms with Gasteiger partial charge >= 0.3 is 0 Å². The monoisotopic (exact) mass is 415 g/mol. The summed E-state index contributed by atoms with van der Waals surface area (Å²) in [5.41, 5.74) is 2.38. The third-order valence-corrected chi connectivity index (χ3v) is 5.10. The molecule has 0 aliphatic carbocycles. The van der Waals surface area contributed by atoms with Crippen molar-refractivity contribution >= 4 is 22.9 Å². The highest BCUT2D eigenvalue weighted by atomic mass is 32.1. The number of benzene rings is 2. The predicted molar refractivity (Wildman–Crippen MR) is 112 cm³/mol. The second-order valence-corrected chi connectivity index (χ2v) is 7.30. The van der Waals surface area contributed by atoms with E-state index < -0.39 is 0 Å². The molecule has 0 aliphatic rings. The van der Waals surface area contributed by atoms with Crippen LogP contribution < -0.4 is 14.8 Å². The molecule has 3 rings (SSSR count). The molecule has 0 radical (unpaired) electrons. The van der Waals surface area contributed by atoms with Gasteiger partial charge in [-0.2, -0.15) is 0 Å². The molecular formula is C21H22FN3O3S. The second kappa shape index (κ2) is 9.49. The molecule has 6 nitrogen and oxygen atoms in total. The highest BCUT2D eigenvalue weighted by molar-refractivity contribution is 7.13. The zero-order valence-electron chi connectivity index (χ0n) is 16.4. The topological polar surface area (TPSA) is 63.7 Å². The summed E-state index contributed by atoms with van der Waals surface area (Å²) < 4.78 is 23.6. The number of ether oxygens (including phenoxy) is 2. The lowest BCUT2D eigenvalue weighted by atomic mass is 10.2. The van der Waals surface area contributed by atoms with E-state index in [9.17, 15) is 9.18 Å². The molecule has 0 saturated heterocycles. The van der Waals surface area contributed by atoms with E-state index in [1.165, 1.54) is 35.6 Å². The highest BCUT2D eigenvalue weighted by Crippen LogP contribution is 2.33. The number of amides is 1. The molecule has 0 bridgehead atoms. The molecule has 0 saturated carbocycles. The number of nitrogens with one attached hydrogen (secondary N) is 1. The summed E-state index contributed by atoms with van der Waals surface area (Å²) in [4.78, 5) is 18.7. The first-order valence-electron chi connectivity index (χ1n) is 8.89. The molecule has 0 spiro atoms. The fraction of sp³-hybridized carbons (Fsp3) is 0.238. The number of hydrogen-bond acceptors (Lipinski definition) is 6. The Kier molecular flexibility index (Phi) is 6.79. The minimum absolute atomic E-state index is 0.172. The number of anilines is 1. The normalized spacial score (nSPS) is 10.8. The van der Waals surface area contributed by atoms with Crippen LogP contribution in [0.3, 0.4) is 0 Å². The van der Waals surface area contributed by atoms with E-state index in [2.05, 4.69) is 10.3 Å². The number of rotatable bonds is 8. The van der Waals surface area contributed by atoms with Gasteiger partial charge in [0.15, 0.2) is 11.5 Å². The Labute approximate surface area is 172 Å². The lowest BCUT2D eigenvalue weighted by Gasteiger charge is -2.15. The Bertz CT molecular complexity index is 976. The quantitative estimate of drug-likeness (QED) is 0.602. The van der Waals surface area contributed by atoms with Crippen molar-refractivity contribution in [1.29, 1.82) is 0 Å². The number of nitrogens with zero attached hydrogens (tertiary/aromatic N) is 2. The third kappa shape index (κ3) is 5.52. The van der Waals surface area contributed by atoms with Crippen LogP contribution in [-0.2, 0) is 11.3 Å². The summed E-state index contributed by atoms with van der Waals surface area (Å²) >= 11 is 1.53. The Morgan fingerprint density at radius 3 is 2.55 bits per heavy atom. The van der Waals surface area contributed by atoms with E-state index in [0.29, 0.717) is 23.7 Å². The van der Waals surface area contributed by atoms with Gasteiger partial charge in [0.2, 0.25) is 5.91 Å². The maximum atomic E-state index is 12.9. The van der Waals surface area contributed by atoms with Crippen LogP contribution in [-0.4, -0.2) is 43.6 Å². The summed E-state index contributed by atoms with van der Waals surface area (Å²) in [6, 6.07) is 11.4. The molecule has 29 heavy (non-hydrogen) atoms. The molecular weight excluding hydrogens is 393 g/mol. The SMILES string of the molecule is COc1ccc(-c2nc(CN(C)CC(=O)Nc3ccc(F)cc3)cs2)cc1OC. The Balaban J connectivity index is 1.59. The summed E-state index contributed by atoms with van der Waals surface area (Å²) in [6.07, 6.45) is 0. The van der Waals surface area contributed by atoms with Crippen LogP contribution in [0.2, 0.25) is 0 Å². The average molecular weight is 415 g/mol. The van der Waals surface area contributed by atoms with Crippen molar-refractivity contribution < 1.29 is 18.7 Å². The van der Waals surface area contributed by atoms with Gasteiger partial charge in [0, 0.05) is 23.2 Å². The number of halogens is 1. The van der Waals surface area contributed by atoms with Gasteiger partial charge in [0.1, 0.15) is 10.8 Å². The first kappa shape index (κ1) is 20.8. The van der Waals surface area contributed by atoms with Crippen LogP contribution in [0.5, 0.6) is 11.5 Å². The molecule has 152 valence electrons. The Hall–Kier alpha value is -2.97. The van der Waals surface area contributed by atoms with Gasteiger partial charge in [0.25, 0.3) is 0 Å². The molecule has 2 aromatic carbocycles. The molecule has 1 N–H and O–H groups in total. The summed E-state index contributed by atoms with van der Waals surface area (Å²) in [5.74, 6) is 0.805. The van der Waals surface area contributed by atoms with Gasteiger partial charge < -0.3 is 14.8 Å². The minimum Gasteiger partial charge on any atom is -0.493 e. The molecule has 1 aromatic heterocycles. The van der Waals surface area contributed by atoms with Crippen LogP contribution in [0.15, 0.2) is 47.8 Å². The van der Waals surface area contributed by atoms with Gasteiger partial charge in [-0.05, 0) is 49.5 Å². The van der Waals surface area contributed by atoms with Crippen molar-refractivity contribution in [1.82, 2.24) is 9.88 Å². The number of methoxy groups -OCH3 is 2. The molecule has 8 heteroatoms. The van der Waals surface area contributed by atoms with E-state index >= 15 is 0 Å². The number of aromatic nitrogens is 1. The van der Waals surface area contributed by atoms with E-state index in [-0.39, 0.29) is 18.3 Å². The van der Waals surface area contributed by atoms with Gasteiger partial charge in [-0.1, -0.05) is 0 Å². The largest absolute Gasteiger partial charge is 0.493 e. The van der Waals surface area contributed by atoms with Crippen LogP contribution in [0.1, 0.15) is 5.69 Å². The third-order valence-electron chi connectivity index (χ3n) is 4.16. The zero-order chi connectivity index (χ0) is 20.8. The molecule has 1 heterocycles. The Morgan fingerprint density at radius 2 is 1.86 bits per heavy atom. The van der Waals surface area contributed by atoms with E-state index in [0.717, 1.165) is 16.3 Å². The van der Waals surface area contributed by atoms with Gasteiger partial charge in [0.05, 0.1) is 26.5 Å². The number of carbonyl (C=O) groups is 1. The van der Waals surface area contributed by atoms with Crippen molar-refractivity contribution in [3.8, 4) is 22.1 Å². The standard InChI is InChI=1S/C21H22FN3O3S/c1-25(12-20(26)23-16-7-5-15(22)6-8-16)11-17-13-29-21(24-17)14-4-9-18(27-2)19(10-14)28-3/h4-10,13H,11-12H2,1-3H3,(H,23,26). The molecule has 0 unspecified atom stereocenters. The lowest BCUT2D eigenvalue weighted by Crippen LogP contribution is -2.29. The Morgan fingerprint density at radius 1 is 1.14 bits per heavy atom. The minimum atomic E-state index is -0.339. The first-order chi connectivity index (χ1) is 14.0. The fourth-order valence-corrected chi connectivity index (χ4v) is 3.60. The van der Waals surface area contributed by atoms with Crippen LogP contribution in [0.4, 0.5) is 10.1 Å². The predicted octanol–water partition coefficient (Wildman–Crippen LogP) is 4.04. The van der Waals surface area contributed by atoms with E-state index in [4.69, 9.17) is 9.47 Å². The van der Waals surface area contributed by atoms with Gasteiger partial charge in [-0.15, -0.1) is 11.3 Å². The summed E-state index contributed by atoms with van der Waals surface area (Å²) in [5, 5.41) is 5.59. The highest BCUT2D eigenvalue weighted by Gasteiger charge is 2.12. The maximum absolute atomic E-state index is 12.9. The first-order valence-corrected chi connectivity index (χ1v) is 9.77. The van der Waals surface area contributed by atoms with E-state index in [1.54, 1.807) is 14.2 Å². The molecule has 1 amide bonds. The molecule has 0 fully saturated rings. The maximum Gasteiger partial charge on any atom is 0.238 e. The molecule has 0 atom stereocenters. The number of likely N-dealkylation sites (N-methyl/N-ethyl adjacent to an activating group) is 1. The zero-order valence-corrected chi connectivity index (χ0v) is 17.3. The molecule has 3 aromatic rings. The number of carbonyl (C=O) groups excluding carboxylic acids is 1. The fourth-order valence-electron chi connectivity index (χ4n) is 2.79. The van der Waals surface area contributed by atoms with Crippen LogP contribution in [0.25, 0.3) is 10.6 Å². The van der Waals surface area contributed by atoms with Crippen molar-refractivity contribution in [2.24, 2.45) is 0 Å². The molecule has 0 aliphatic heterocycles. The number of thiazole rings is 1. The van der Waals surface area contributed by atoms with Crippen molar-refractivity contribution in [3.63, 3.8) is 0 Å². The second-order valence-electron chi connectivity index (χ2n) is 6.44. The van der Waals surface area contributed by atoms with Crippen molar-refractivity contribution in [2.45, 2.75) is 6.54 Å². The smallest absolute Gasteiger partial charge is 0.238 e. The average Bonchev–Trinajstić information content (AvgIpc) is 3.17. The van der Waals surface area contributed by atoms with Gasteiger partial charge in [-0.25, -0.2) is 9.37 Å². The van der Waals surface area contributed by atoms with Gasteiger partial charge in [-0.3, -0.25) is 9.69 Å². The van der Waals surface area contributed by atoms with Crippen molar-refractivity contribution in [2.75, 3.05) is 33.1 Å². The summed E-state index contributed by atoms with van der Waals surface area (Å²) in [6.45, 7) is 0.723. The van der Waals surface area contributed by atoms with Crippen LogP contribution in [0, 0.1) is 5.82 Å². The lowest BCUT2D eigenvalue weighted by molar-refractivity contribution is -0.117. The van der Waals surface area contributed by atoms with Crippen molar-refractivity contribution in [3.05, 3.63) is 59.4 Å². The summed E-state index contributed by atoms with van der Waals surface area (Å²) in [7, 11) is 5.04. The van der Waals surface area contributed by atoms with E-state index in [1.807, 2.05) is 35.5 Å². The number of hydrogen-bond donors (Lipinski definition) is 1. The van der Waals surface area contributed by atoms with Crippen LogP contribution >= 0.6 is 11.3 Å².